The maximum atomic E-state index is 12.4. The van der Waals surface area contributed by atoms with Gasteiger partial charge in [-0.25, -0.2) is 9.78 Å². The molecule has 0 fully saturated rings. The molecule has 0 atom stereocenters. The fourth-order valence-corrected chi connectivity index (χ4v) is 4.21. The summed E-state index contributed by atoms with van der Waals surface area (Å²) in [5.74, 6) is 0. The third kappa shape index (κ3) is 3.89. The number of aromatic nitrogens is 1. The van der Waals surface area contributed by atoms with E-state index in [0.717, 1.165) is 27.5 Å². The van der Waals surface area contributed by atoms with E-state index in [-0.39, 0.29) is 5.63 Å². The second kappa shape index (κ2) is 7.79. The molecule has 5 heteroatoms. The predicted octanol–water partition coefficient (Wildman–Crippen LogP) is 6.69. The maximum absolute atomic E-state index is 12.4. The van der Waals surface area contributed by atoms with Crippen molar-refractivity contribution >= 4 is 38.2 Å². The van der Waals surface area contributed by atoms with Gasteiger partial charge in [0.1, 0.15) is 10.6 Å². The smallest absolute Gasteiger partial charge is 0.346 e. The van der Waals surface area contributed by atoms with Gasteiger partial charge in [-0.05, 0) is 42.7 Å². The van der Waals surface area contributed by atoms with Gasteiger partial charge in [-0.15, -0.1) is 11.3 Å². The molecule has 0 N–H and O–H groups in total. The van der Waals surface area contributed by atoms with Crippen molar-refractivity contribution in [3.63, 3.8) is 0 Å². The zero-order chi connectivity index (χ0) is 18.8. The Morgan fingerprint density at radius 3 is 2.70 bits per heavy atom. The molecule has 0 spiro atoms. The van der Waals surface area contributed by atoms with Gasteiger partial charge in [-0.1, -0.05) is 53.5 Å². The summed E-state index contributed by atoms with van der Waals surface area (Å²) in [6.07, 6.45) is 3.50. The van der Waals surface area contributed by atoms with Crippen LogP contribution in [0.5, 0.6) is 0 Å². The van der Waals surface area contributed by atoms with Gasteiger partial charge in [0, 0.05) is 20.8 Å². The molecule has 27 heavy (non-hydrogen) atoms. The summed E-state index contributed by atoms with van der Waals surface area (Å²) in [7, 11) is 0. The van der Waals surface area contributed by atoms with Crippen molar-refractivity contribution in [1.82, 2.24) is 4.98 Å². The zero-order valence-corrected chi connectivity index (χ0v) is 17.3. The normalized spacial score (nSPS) is 11.2. The second-order valence-corrected chi connectivity index (χ2v) is 8.24. The number of halogens is 1. The first kappa shape index (κ1) is 18.1. The summed E-state index contributed by atoms with van der Waals surface area (Å²) < 4.78 is 6.40. The molecule has 136 valence electrons. The fourth-order valence-electron chi connectivity index (χ4n) is 3.00. The molecule has 0 amide bonds. The van der Waals surface area contributed by atoms with Crippen LogP contribution in [0.25, 0.3) is 32.8 Å². The number of nitrogens with zero attached hydrogens (tertiary/aromatic N) is 1. The van der Waals surface area contributed by atoms with Crippen LogP contribution in [0.15, 0.2) is 67.6 Å². The highest BCUT2D eigenvalue weighted by Crippen LogP contribution is 2.29. The van der Waals surface area contributed by atoms with Crippen molar-refractivity contribution in [2.24, 2.45) is 0 Å². The third-order valence-corrected chi connectivity index (χ3v) is 5.87. The molecule has 0 aliphatic rings. The molecule has 0 saturated carbocycles. The maximum Gasteiger partial charge on any atom is 0.346 e. The van der Waals surface area contributed by atoms with E-state index in [2.05, 4.69) is 52.1 Å². The van der Waals surface area contributed by atoms with Gasteiger partial charge < -0.3 is 4.42 Å². The standard InChI is InChI=1S/C22H18BrNO2S/c1-2-3-4-14-5-7-15(8-6-14)19-13-27-21(24-19)18-12-16-11-17(23)9-10-20(16)26-22(18)25/h5-13H,2-4H2,1H3. The number of fused-ring (bicyclic) bond motifs is 1. The van der Waals surface area contributed by atoms with E-state index in [1.54, 1.807) is 6.07 Å². The lowest BCUT2D eigenvalue weighted by Crippen LogP contribution is -2.02. The van der Waals surface area contributed by atoms with Gasteiger partial charge in [-0.3, -0.25) is 0 Å². The lowest BCUT2D eigenvalue weighted by atomic mass is 10.1. The fraction of sp³-hybridized carbons (Fsp3) is 0.182. The number of hydrogen-bond donors (Lipinski definition) is 0. The summed E-state index contributed by atoms with van der Waals surface area (Å²) in [5.41, 5.74) is 4.00. The molecule has 0 radical (unpaired) electrons. The van der Waals surface area contributed by atoms with E-state index in [4.69, 9.17) is 4.42 Å². The van der Waals surface area contributed by atoms with Gasteiger partial charge in [0.15, 0.2) is 0 Å². The molecule has 4 aromatic rings. The Labute approximate surface area is 169 Å². The van der Waals surface area contributed by atoms with Gasteiger partial charge in [0.05, 0.1) is 11.3 Å². The molecule has 3 nitrogen and oxygen atoms in total. The Hall–Kier alpha value is -2.24. The average Bonchev–Trinajstić information content (AvgIpc) is 3.16. The number of benzene rings is 2. The Balaban J connectivity index is 1.67. The molecular formula is C22H18BrNO2S. The van der Waals surface area contributed by atoms with Crippen LogP contribution in [0.3, 0.4) is 0 Å². The van der Waals surface area contributed by atoms with Crippen LogP contribution in [0.1, 0.15) is 25.3 Å². The third-order valence-electron chi connectivity index (χ3n) is 4.50. The Morgan fingerprint density at radius 2 is 1.93 bits per heavy atom. The van der Waals surface area contributed by atoms with E-state index in [0.29, 0.717) is 16.2 Å². The van der Waals surface area contributed by atoms with E-state index in [9.17, 15) is 4.79 Å². The van der Waals surface area contributed by atoms with Crippen molar-refractivity contribution in [3.8, 4) is 21.8 Å². The zero-order valence-electron chi connectivity index (χ0n) is 14.9. The largest absolute Gasteiger partial charge is 0.422 e. The Kier molecular flexibility index (Phi) is 5.23. The SMILES string of the molecule is CCCCc1ccc(-c2csc(-c3cc4cc(Br)ccc4oc3=O)n2)cc1. The van der Waals surface area contributed by atoms with Crippen LogP contribution in [-0.2, 0) is 6.42 Å². The minimum atomic E-state index is -0.361. The number of thiazole rings is 1. The number of rotatable bonds is 5. The first-order valence-electron chi connectivity index (χ1n) is 8.92. The quantitative estimate of drug-likeness (QED) is 0.325. The van der Waals surface area contributed by atoms with Gasteiger partial charge >= 0.3 is 5.63 Å². The monoisotopic (exact) mass is 439 g/mol. The molecule has 0 aliphatic heterocycles. The van der Waals surface area contributed by atoms with Gasteiger partial charge in [0.2, 0.25) is 0 Å². The summed E-state index contributed by atoms with van der Waals surface area (Å²) in [4.78, 5) is 17.1. The highest BCUT2D eigenvalue weighted by Gasteiger charge is 2.13. The molecule has 0 bridgehead atoms. The molecule has 2 aromatic heterocycles. The van der Waals surface area contributed by atoms with E-state index in [1.165, 1.54) is 29.7 Å². The minimum absolute atomic E-state index is 0.361. The lowest BCUT2D eigenvalue weighted by molar-refractivity contribution is 0.563. The molecule has 0 unspecified atom stereocenters. The van der Waals surface area contributed by atoms with E-state index >= 15 is 0 Å². The summed E-state index contributed by atoms with van der Waals surface area (Å²) in [6, 6.07) is 16.0. The molecule has 4 rings (SSSR count). The molecular weight excluding hydrogens is 422 g/mol. The van der Waals surface area contributed by atoms with Crippen molar-refractivity contribution in [3.05, 3.63) is 74.4 Å². The van der Waals surface area contributed by atoms with Gasteiger partial charge in [-0.2, -0.15) is 0 Å². The molecule has 0 saturated heterocycles. The predicted molar refractivity (Wildman–Crippen MR) is 115 cm³/mol. The number of aryl methyl sites for hydroxylation is 1. The van der Waals surface area contributed by atoms with Crippen LogP contribution < -0.4 is 5.63 Å². The van der Waals surface area contributed by atoms with E-state index in [1.807, 2.05) is 23.6 Å². The van der Waals surface area contributed by atoms with Crippen molar-refractivity contribution in [2.75, 3.05) is 0 Å². The van der Waals surface area contributed by atoms with Crippen molar-refractivity contribution in [2.45, 2.75) is 26.2 Å². The molecule has 2 heterocycles. The Morgan fingerprint density at radius 1 is 1.11 bits per heavy atom. The van der Waals surface area contributed by atoms with Crippen LogP contribution in [0.2, 0.25) is 0 Å². The summed E-state index contributed by atoms with van der Waals surface area (Å²) in [5, 5.41) is 3.53. The van der Waals surface area contributed by atoms with Crippen molar-refractivity contribution < 1.29 is 4.42 Å². The molecule has 2 aromatic carbocycles. The highest BCUT2D eigenvalue weighted by molar-refractivity contribution is 9.10. The van der Waals surface area contributed by atoms with Crippen LogP contribution in [0.4, 0.5) is 0 Å². The first-order valence-corrected chi connectivity index (χ1v) is 10.6. The Bertz CT molecular complexity index is 1150. The highest BCUT2D eigenvalue weighted by atomic mass is 79.9. The van der Waals surface area contributed by atoms with Crippen LogP contribution in [0, 0.1) is 0 Å². The number of unbranched alkanes of at least 4 members (excludes halogenated alkanes) is 1. The van der Waals surface area contributed by atoms with Crippen LogP contribution >= 0.6 is 27.3 Å². The average molecular weight is 440 g/mol. The summed E-state index contributed by atoms with van der Waals surface area (Å²) >= 11 is 4.91. The topological polar surface area (TPSA) is 43.1 Å². The lowest BCUT2D eigenvalue weighted by Gasteiger charge is -2.02. The van der Waals surface area contributed by atoms with E-state index < -0.39 is 0 Å². The van der Waals surface area contributed by atoms with Crippen molar-refractivity contribution in [1.29, 1.82) is 0 Å². The first-order chi connectivity index (χ1) is 13.1. The minimum Gasteiger partial charge on any atom is -0.422 e. The molecule has 0 aliphatic carbocycles. The summed E-state index contributed by atoms with van der Waals surface area (Å²) in [6.45, 7) is 2.20. The second-order valence-electron chi connectivity index (χ2n) is 6.47. The van der Waals surface area contributed by atoms with Crippen LogP contribution in [-0.4, -0.2) is 4.98 Å². The van der Waals surface area contributed by atoms with Gasteiger partial charge in [0.25, 0.3) is 0 Å². The number of hydrogen-bond acceptors (Lipinski definition) is 4.